The van der Waals surface area contributed by atoms with Crippen LogP contribution in [0.15, 0.2) is 152 Å². The molecule has 3 heteroatoms. The van der Waals surface area contributed by atoms with E-state index in [-0.39, 0.29) is 0 Å². The summed E-state index contributed by atoms with van der Waals surface area (Å²) in [5, 5.41) is 5.26. The Kier molecular flexibility index (Phi) is 6.42. The van der Waals surface area contributed by atoms with Gasteiger partial charge in [0.15, 0.2) is 0 Å². The van der Waals surface area contributed by atoms with Crippen molar-refractivity contribution in [2.45, 2.75) is 32.1 Å². The highest BCUT2D eigenvalue weighted by Crippen LogP contribution is 2.43. The molecule has 0 bridgehead atoms. The molecule has 0 aliphatic heterocycles. The summed E-state index contributed by atoms with van der Waals surface area (Å²) in [4.78, 5) is 0. The summed E-state index contributed by atoms with van der Waals surface area (Å²) in [5.41, 5.74) is 16.7. The van der Waals surface area contributed by atoms with Gasteiger partial charge in [-0.15, -0.1) is 0 Å². The second-order valence-electron chi connectivity index (χ2n) is 14.5. The van der Waals surface area contributed by atoms with Crippen molar-refractivity contribution in [2.24, 2.45) is 0 Å². The second-order valence-corrected chi connectivity index (χ2v) is 14.5. The summed E-state index contributed by atoms with van der Waals surface area (Å²) < 4.78 is 7.54. The molecule has 3 heterocycles. The maximum atomic E-state index is 2.53. The topological polar surface area (TPSA) is 14.8 Å². The highest BCUT2D eigenvalue weighted by Gasteiger charge is 2.26. The van der Waals surface area contributed by atoms with Gasteiger partial charge in [0.1, 0.15) is 0 Å². The Morgan fingerprint density at radius 3 is 1.90 bits per heavy atom. The summed E-state index contributed by atoms with van der Waals surface area (Å²) in [6.07, 6.45) is 10.2. The summed E-state index contributed by atoms with van der Waals surface area (Å²) in [6, 6.07) is 53.6. The smallest absolute Gasteiger partial charge is 0.0539 e. The molecule has 11 rings (SSSR count). The number of benzene rings is 6. The predicted octanol–water partition coefficient (Wildman–Crippen LogP) is 12.8. The molecule has 248 valence electrons. The van der Waals surface area contributed by atoms with Gasteiger partial charge in [-0.1, -0.05) is 110 Å². The summed E-state index contributed by atoms with van der Waals surface area (Å²) in [7, 11) is 0. The van der Waals surface area contributed by atoms with Crippen molar-refractivity contribution < 1.29 is 0 Å². The number of para-hydroxylation sites is 3. The standard InChI is InChI=1S/C49H37N3/c1-32-13-11-24-48-49(32)40-20-7-10-23-45(40)52(48)37-26-28-47-42(31-37)41-30-36(51-43-21-8-5-18-38(43)39-19-6-9-22-44(39)51)25-27-46(41)50(47)35-17-12-16-34(29-35)33-14-3-2-4-15-33/h2-12,14-24,26,28-32H,13,25,27H2,1H3. The first-order valence-corrected chi connectivity index (χ1v) is 18.6. The van der Waals surface area contributed by atoms with Gasteiger partial charge in [0.25, 0.3) is 0 Å². The zero-order valence-corrected chi connectivity index (χ0v) is 29.1. The SMILES string of the molecule is CC1CC=Cc2c1c1ccccc1n2-c1ccc2c(c1)c1c(n2-c2cccc(-c3ccccc3)c2)CCC(n2c3ccccc3c3ccccc32)=C1. The minimum absolute atomic E-state index is 0.484. The maximum absolute atomic E-state index is 2.53. The minimum atomic E-state index is 0.484. The van der Waals surface area contributed by atoms with Gasteiger partial charge >= 0.3 is 0 Å². The van der Waals surface area contributed by atoms with Crippen LogP contribution >= 0.6 is 0 Å². The van der Waals surface area contributed by atoms with Gasteiger partial charge in [-0.2, -0.15) is 0 Å². The lowest BCUT2D eigenvalue weighted by Gasteiger charge is -2.20. The molecule has 0 amide bonds. The first-order chi connectivity index (χ1) is 25.7. The number of nitrogens with zero attached hydrogens (tertiary/aromatic N) is 3. The molecule has 0 saturated carbocycles. The van der Waals surface area contributed by atoms with Crippen molar-refractivity contribution in [1.82, 2.24) is 13.7 Å². The monoisotopic (exact) mass is 667 g/mol. The van der Waals surface area contributed by atoms with E-state index in [9.17, 15) is 0 Å². The predicted molar refractivity (Wildman–Crippen MR) is 220 cm³/mol. The van der Waals surface area contributed by atoms with Crippen LogP contribution in [0, 0.1) is 0 Å². The van der Waals surface area contributed by atoms with Crippen molar-refractivity contribution in [3.05, 3.63) is 174 Å². The Balaban J connectivity index is 1.19. The number of allylic oxidation sites excluding steroid dienone is 2. The molecule has 0 N–H and O–H groups in total. The first-order valence-electron chi connectivity index (χ1n) is 18.6. The lowest BCUT2D eigenvalue weighted by Crippen LogP contribution is -2.08. The van der Waals surface area contributed by atoms with Crippen molar-refractivity contribution >= 4 is 61.5 Å². The molecule has 52 heavy (non-hydrogen) atoms. The number of rotatable bonds is 4. The highest BCUT2D eigenvalue weighted by molar-refractivity contribution is 6.11. The van der Waals surface area contributed by atoms with Crippen LogP contribution in [0.3, 0.4) is 0 Å². The minimum Gasteiger partial charge on any atom is -0.313 e. The van der Waals surface area contributed by atoms with Crippen LogP contribution in [-0.4, -0.2) is 13.7 Å². The van der Waals surface area contributed by atoms with Gasteiger partial charge in [0.05, 0.1) is 22.1 Å². The molecule has 1 atom stereocenters. The van der Waals surface area contributed by atoms with Crippen LogP contribution < -0.4 is 0 Å². The van der Waals surface area contributed by atoms with Gasteiger partial charge in [-0.3, -0.25) is 0 Å². The maximum Gasteiger partial charge on any atom is 0.0539 e. The van der Waals surface area contributed by atoms with Crippen molar-refractivity contribution in [3.63, 3.8) is 0 Å². The fraction of sp³-hybridized carbons (Fsp3) is 0.102. The molecule has 2 aliphatic carbocycles. The van der Waals surface area contributed by atoms with Crippen LogP contribution in [0.1, 0.15) is 48.2 Å². The zero-order valence-electron chi connectivity index (χ0n) is 29.1. The first kappa shape index (κ1) is 29.4. The van der Waals surface area contributed by atoms with E-state index in [0.29, 0.717) is 5.92 Å². The lowest BCUT2D eigenvalue weighted by atomic mass is 9.91. The van der Waals surface area contributed by atoms with E-state index >= 15 is 0 Å². The van der Waals surface area contributed by atoms with Crippen LogP contribution in [0.25, 0.3) is 84.0 Å². The van der Waals surface area contributed by atoms with Crippen LogP contribution in [0.2, 0.25) is 0 Å². The Morgan fingerprint density at radius 2 is 1.13 bits per heavy atom. The molecule has 1 unspecified atom stereocenters. The van der Waals surface area contributed by atoms with E-state index in [1.807, 2.05) is 0 Å². The summed E-state index contributed by atoms with van der Waals surface area (Å²) >= 11 is 0. The molecule has 2 aliphatic rings. The van der Waals surface area contributed by atoms with Crippen molar-refractivity contribution in [2.75, 3.05) is 0 Å². The molecular weight excluding hydrogens is 631 g/mol. The third kappa shape index (κ3) is 4.26. The molecule has 0 fully saturated rings. The molecule has 9 aromatic rings. The van der Waals surface area contributed by atoms with Gasteiger partial charge in [0.2, 0.25) is 0 Å². The van der Waals surface area contributed by atoms with Gasteiger partial charge in [-0.25, -0.2) is 0 Å². The number of hydrogen-bond acceptors (Lipinski definition) is 0. The van der Waals surface area contributed by atoms with Gasteiger partial charge in [0, 0.05) is 55.6 Å². The molecule has 6 aromatic carbocycles. The quantitative estimate of drug-likeness (QED) is 0.177. The Morgan fingerprint density at radius 1 is 0.500 bits per heavy atom. The number of fused-ring (bicyclic) bond motifs is 9. The zero-order chi connectivity index (χ0) is 34.3. The van der Waals surface area contributed by atoms with E-state index in [2.05, 4.69) is 184 Å². The molecule has 0 spiro atoms. The fourth-order valence-electron chi connectivity index (χ4n) is 9.29. The average Bonchev–Trinajstić information content (AvgIpc) is 3.84. The molecule has 3 aromatic heterocycles. The fourth-order valence-corrected chi connectivity index (χ4v) is 9.29. The average molecular weight is 668 g/mol. The number of hydrogen-bond donors (Lipinski definition) is 0. The second kappa shape index (κ2) is 11.3. The van der Waals surface area contributed by atoms with Gasteiger partial charge < -0.3 is 13.7 Å². The molecule has 0 saturated heterocycles. The van der Waals surface area contributed by atoms with Crippen LogP contribution in [0.4, 0.5) is 0 Å². The normalized spacial score (nSPS) is 15.4. The van der Waals surface area contributed by atoms with Crippen LogP contribution in [0.5, 0.6) is 0 Å². The largest absolute Gasteiger partial charge is 0.313 e. The molecule has 0 radical (unpaired) electrons. The van der Waals surface area contributed by atoms with E-state index in [1.54, 1.807) is 0 Å². The molecule has 3 nitrogen and oxygen atoms in total. The molecular formula is C49H37N3. The summed E-state index contributed by atoms with van der Waals surface area (Å²) in [6.45, 7) is 2.36. The van der Waals surface area contributed by atoms with E-state index in [0.717, 1.165) is 19.3 Å². The Labute approximate surface area is 303 Å². The lowest BCUT2D eigenvalue weighted by molar-refractivity contribution is 0.773. The van der Waals surface area contributed by atoms with E-state index < -0.39 is 0 Å². The van der Waals surface area contributed by atoms with Crippen LogP contribution in [-0.2, 0) is 6.42 Å². The highest BCUT2D eigenvalue weighted by atomic mass is 15.0. The summed E-state index contributed by atoms with van der Waals surface area (Å²) in [5.74, 6) is 0.484. The Hall–Kier alpha value is -6.32. The third-order valence-electron chi connectivity index (χ3n) is 11.6. The number of aromatic nitrogens is 3. The van der Waals surface area contributed by atoms with Gasteiger partial charge in [-0.05, 0) is 103 Å². The Bertz CT molecular complexity index is 2890. The van der Waals surface area contributed by atoms with Crippen molar-refractivity contribution in [3.8, 4) is 22.5 Å². The third-order valence-corrected chi connectivity index (χ3v) is 11.6. The van der Waals surface area contributed by atoms with E-state index in [4.69, 9.17) is 0 Å². The van der Waals surface area contributed by atoms with E-state index in [1.165, 1.54) is 94.3 Å². The van der Waals surface area contributed by atoms with Crippen molar-refractivity contribution in [1.29, 1.82) is 0 Å².